The van der Waals surface area contributed by atoms with Crippen LogP contribution in [0, 0.1) is 0 Å². The Morgan fingerprint density at radius 3 is 2.30 bits per heavy atom. The summed E-state index contributed by atoms with van der Waals surface area (Å²) in [5.74, 6) is 1.34. The average Bonchev–Trinajstić information content (AvgIpc) is 2.72. The Morgan fingerprint density at radius 2 is 1.52 bits per heavy atom. The molecule has 0 bridgehead atoms. The van der Waals surface area contributed by atoms with E-state index in [9.17, 15) is 4.79 Å². The minimum Gasteiger partial charge on any atom is -0.494 e. The lowest BCUT2D eigenvalue weighted by Gasteiger charge is -2.10. The van der Waals surface area contributed by atoms with Crippen molar-refractivity contribution in [3.05, 3.63) is 95.6 Å². The van der Waals surface area contributed by atoms with Gasteiger partial charge < -0.3 is 14.8 Å². The maximum atomic E-state index is 12.5. The second kappa shape index (κ2) is 9.43. The van der Waals surface area contributed by atoms with Crippen LogP contribution in [-0.2, 0) is 13.2 Å². The van der Waals surface area contributed by atoms with Gasteiger partial charge in [-0.2, -0.15) is 0 Å². The summed E-state index contributed by atoms with van der Waals surface area (Å²) in [6.07, 6.45) is 0. The van der Waals surface area contributed by atoms with Crippen molar-refractivity contribution in [3.63, 3.8) is 0 Å². The summed E-state index contributed by atoms with van der Waals surface area (Å²) in [5, 5.41) is 2.94. The minimum absolute atomic E-state index is 0.137. The first kappa shape index (κ1) is 18.5. The van der Waals surface area contributed by atoms with E-state index in [1.54, 1.807) is 12.1 Å². The van der Waals surface area contributed by atoms with Crippen molar-refractivity contribution in [2.45, 2.75) is 20.1 Å². The molecule has 0 heterocycles. The van der Waals surface area contributed by atoms with E-state index in [4.69, 9.17) is 9.47 Å². The van der Waals surface area contributed by atoms with E-state index in [1.165, 1.54) is 0 Å². The number of amides is 1. The van der Waals surface area contributed by atoms with Crippen LogP contribution in [0.5, 0.6) is 11.5 Å². The van der Waals surface area contributed by atoms with Crippen molar-refractivity contribution >= 4 is 5.91 Å². The minimum atomic E-state index is -0.137. The number of carbonyl (C=O) groups excluding carboxylic acids is 1. The molecule has 3 rings (SSSR count). The zero-order valence-corrected chi connectivity index (χ0v) is 15.4. The Balaban J connectivity index is 1.57. The van der Waals surface area contributed by atoms with Crippen molar-refractivity contribution in [2.24, 2.45) is 0 Å². The highest BCUT2D eigenvalue weighted by atomic mass is 16.5. The van der Waals surface area contributed by atoms with Gasteiger partial charge in [0.1, 0.15) is 18.1 Å². The van der Waals surface area contributed by atoms with Gasteiger partial charge in [-0.1, -0.05) is 48.5 Å². The molecule has 0 spiro atoms. The highest BCUT2D eigenvalue weighted by molar-refractivity contribution is 5.94. The molecule has 138 valence electrons. The molecular formula is C23H23NO3. The Hall–Kier alpha value is -3.27. The molecule has 0 radical (unpaired) electrons. The van der Waals surface area contributed by atoms with E-state index >= 15 is 0 Å². The lowest BCUT2D eigenvalue weighted by molar-refractivity contribution is 0.0950. The predicted molar refractivity (Wildman–Crippen MR) is 106 cm³/mol. The fraction of sp³-hybridized carbons (Fsp3) is 0.174. The molecule has 0 saturated heterocycles. The smallest absolute Gasteiger partial charge is 0.251 e. The maximum absolute atomic E-state index is 12.5. The van der Waals surface area contributed by atoms with Crippen LogP contribution < -0.4 is 14.8 Å². The summed E-state index contributed by atoms with van der Waals surface area (Å²) in [4.78, 5) is 12.5. The van der Waals surface area contributed by atoms with Gasteiger partial charge in [-0.3, -0.25) is 4.79 Å². The van der Waals surface area contributed by atoms with E-state index in [-0.39, 0.29) is 5.91 Å². The highest BCUT2D eigenvalue weighted by Crippen LogP contribution is 2.16. The first-order chi connectivity index (χ1) is 13.2. The summed E-state index contributed by atoms with van der Waals surface area (Å²) in [7, 11) is 0. The largest absolute Gasteiger partial charge is 0.494 e. The molecule has 4 nitrogen and oxygen atoms in total. The monoisotopic (exact) mass is 361 g/mol. The third kappa shape index (κ3) is 5.61. The fourth-order valence-corrected chi connectivity index (χ4v) is 2.66. The van der Waals surface area contributed by atoms with Gasteiger partial charge in [0, 0.05) is 12.1 Å². The van der Waals surface area contributed by atoms with Gasteiger partial charge in [-0.15, -0.1) is 0 Å². The molecule has 3 aromatic carbocycles. The fourth-order valence-electron chi connectivity index (χ4n) is 2.66. The maximum Gasteiger partial charge on any atom is 0.251 e. The highest BCUT2D eigenvalue weighted by Gasteiger charge is 2.07. The molecule has 0 saturated carbocycles. The number of nitrogens with one attached hydrogen (secondary N) is 1. The normalized spacial score (nSPS) is 10.3. The molecule has 0 aliphatic heterocycles. The Morgan fingerprint density at radius 1 is 0.815 bits per heavy atom. The van der Waals surface area contributed by atoms with E-state index in [0.29, 0.717) is 31.1 Å². The molecule has 0 fully saturated rings. The number of benzene rings is 3. The molecule has 0 atom stereocenters. The topological polar surface area (TPSA) is 47.6 Å². The van der Waals surface area contributed by atoms with Gasteiger partial charge in [-0.25, -0.2) is 0 Å². The Bertz CT molecular complexity index is 878. The van der Waals surface area contributed by atoms with Crippen LogP contribution >= 0.6 is 0 Å². The first-order valence-electron chi connectivity index (χ1n) is 9.01. The molecule has 4 heteroatoms. The molecule has 0 aromatic heterocycles. The van der Waals surface area contributed by atoms with Gasteiger partial charge in [-0.05, 0) is 48.4 Å². The van der Waals surface area contributed by atoms with E-state index < -0.39 is 0 Å². The zero-order valence-electron chi connectivity index (χ0n) is 15.4. The van der Waals surface area contributed by atoms with Gasteiger partial charge in [0.15, 0.2) is 0 Å². The predicted octanol–water partition coefficient (Wildman–Crippen LogP) is 4.59. The number of carbonyl (C=O) groups is 1. The first-order valence-corrected chi connectivity index (χ1v) is 9.01. The van der Waals surface area contributed by atoms with Crippen molar-refractivity contribution < 1.29 is 14.3 Å². The van der Waals surface area contributed by atoms with Crippen molar-refractivity contribution in [1.82, 2.24) is 5.32 Å². The Labute approximate surface area is 159 Å². The molecular weight excluding hydrogens is 338 g/mol. The molecule has 0 aliphatic rings. The van der Waals surface area contributed by atoms with E-state index in [1.807, 2.05) is 73.7 Å². The van der Waals surface area contributed by atoms with Gasteiger partial charge in [0.2, 0.25) is 0 Å². The Kier molecular flexibility index (Phi) is 6.47. The van der Waals surface area contributed by atoms with Crippen LogP contribution in [0.4, 0.5) is 0 Å². The van der Waals surface area contributed by atoms with Crippen LogP contribution in [0.1, 0.15) is 28.4 Å². The van der Waals surface area contributed by atoms with Crippen molar-refractivity contribution in [2.75, 3.05) is 6.61 Å². The standard InChI is InChI=1S/C23H23NO3/c1-2-26-21-12-6-10-19(14-21)16-24-23(25)20-11-7-13-22(15-20)27-17-18-8-4-3-5-9-18/h3-15H,2,16-17H2,1H3,(H,24,25). The molecule has 1 amide bonds. The summed E-state index contributed by atoms with van der Waals surface area (Å²) in [6.45, 7) is 3.47. The second-order valence-electron chi connectivity index (χ2n) is 6.07. The lowest BCUT2D eigenvalue weighted by atomic mass is 10.1. The van der Waals surface area contributed by atoms with Crippen molar-refractivity contribution in [1.29, 1.82) is 0 Å². The SMILES string of the molecule is CCOc1cccc(CNC(=O)c2cccc(OCc3ccccc3)c2)c1. The van der Waals surface area contributed by atoms with Crippen molar-refractivity contribution in [3.8, 4) is 11.5 Å². The average molecular weight is 361 g/mol. The van der Waals surface area contributed by atoms with Gasteiger partial charge in [0.05, 0.1) is 6.61 Å². The summed E-state index contributed by atoms with van der Waals surface area (Å²) in [6, 6.07) is 24.9. The van der Waals surface area contributed by atoms with Gasteiger partial charge >= 0.3 is 0 Å². The van der Waals surface area contributed by atoms with E-state index in [2.05, 4.69) is 5.32 Å². The van der Waals surface area contributed by atoms with Crippen LogP contribution in [-0.4, -0.2) is 12.5 Å². The van der Waals surface area contributed by atoms with Gasteiger partial charge in [0.25, 0.3) is 5.91 Å². The molecule has 0 unspecified atom stereocenters. The quantitative estimate of drug-likeness (QED) is 0.638. The van der Waals surface area contributed by atoms with E-state index in [0.717, 1.165) is 16.9 Å². The number of hydrogen-bond donors (Lipinski definition) is 1. The second-order valence-corrected chi connectivity index (χ2v) is 6.07. The third-order valence-corrected chi connectivity index (χ3v) is 4.01. The summed E-state index contributed by atoms with van der Waals surface area (Å²) < 4.78 is 11.3. The molecule has 1 N–H and O–H groups in total. The lowest BCUT2D eigenvalue weighted by Crippen LogP contribution is -2.22. The molecule has 0 aliphatic carbocycles. The van der Waals surface area contributed by atoms with Crippen LogP contribution in [0.2, 0.25) is 0 Å². The number of ether oxygens (including phenoxy) is 2. The zero-order chi connectivity index (χ0) is 18.9. The number of hydrogen-bond acceptors (Lipinski definition) is 3. The third-order valence-electron chi connectivity index (χ3n) is 4.01. The molecule has 27 heavy (non-hydrogen) atoms. The van der Waals surface area contributed by atoms with Crippen LogP contribution in [0.15, 0.2) is 78.9 Å². The number of rotatable bonds is 8. The van der Waals surface area contributed by atoms with Crippen LogP contribution in [0.3, 0.4) is 0 Å². The summed E-state index contributed by atoms with van der Waals surface area (Å²) in [5.41, 5.74) is 2.65. The summed E-state index contributed by atoms with van der Waals surface area (Å²) >= 11 is 0. The van der Waals surface area contributed by atoms with Crippen LogP contribution in [0.25, 0.3) is 0 Å². The molecule has 3 aromatic rings.